The average Bonchev–Trinajstić information content (AvgIpc) is 2.99. The first-order chi connectivity index (χ1) is 7.50. The van der Waals surface area contributed by atoms with Gasteiger partial charge < -0.3 is 10.6 Å². The predicted molar refractivity (Wildman–Crippen MR) is 70.2 cm³/mol. The minimum Gasteiger partial charge on any atom is -0.393 e. The van der Waals surface area contributed by atoms with Crippen LogP contribution in [0.5, 0.6) is 0 Å². The third kappa shape index (κ3) is 4.92. The third-order valence-corrected chi connectivity index (χ3v) is 3.05. The van der Waals surface area contributed by atoms with Gasteiger partial charge in [-0.25, -0.2) is 0 Å². The van der Waals surface area contributed by atoms with Crippen LogP contribution >= 0.6 is 12.2 Å². The van der Waals surface area contributed by atoms with Crippen LogP contribution in [0, 0.1) is 11.8 Å². The Morgan fingerprint density at radius 3 is 2.50 bits per heavy atom. The van der Waals surface area contributed by atoms with Gasteiger partial charge in [-0.1, -0.05) is 26.1 Å². The first kappa shape index (κ1) is 13.4. The summed E-state index contributed by atoms with van der Waals surface area (Å²) in [6.07, 6.45) is 3.82. The van der Waals surface area contributed by atoms with Crippen molar-refractivity contribution >= 4 is 23.1 Å². The molecule has 0 aliphatic heterocycles. The highest BCUT2D eigenvalue weighted by atomic mass is 32.1. The van der Waals surface area contributed by atoms with E-state index in [0.29, 0.717) is 35.7 Å². The molecule has 16 heavy (non-hydrogen) atoms. The van der Waals surface area contributed by atoms with E-state index in [1.807, 2.05) is 4.90 Å². The van der Waals surface area contributed by atoms with E-state index in [-0.39, 0.29) is 0 Å². The molecule has 4 heteroatoms. The number of nitrogens with two attached hydrogens (primary N) is 1. The van der Waals surface area contributed by atoms with Crippen LogP contribution in [0.25, 0.3) is 0 Å². The van der Waals surface area contributed by atoms with Gasteiger partial charge in [-0.3, -0.25) is 4.79 Å². The van der Waals surface area contributed by atoms with Crippen molar-refractivity contribution in [2.75, 3.05) is 13.1 Å². The zero-order valence-electron chi connectivity index (χ0n) is 10.2. The molecule has 0 spiro atoms. The Kier molecular flexibility index (Phi) is 5.19. The molecule has 92 valence electrons. The number of thiocarbonyl (C=S) groups is 1. The second-order valence-electron chi connectivity index (χ2n) is 5.00. The highest BCUT2D eigenvalue weighted by Gasteiger charge is 2.33. The lowest BCUT2D eigenvalue weighted by Gasteiger charge is -2.23. The Balaban J connectivity index is 2.39. The van der Waals surface area contributed by atoms with Gasteiger partial charge >= 0.3 is 0 Å². The Bertz CT molecular complexity index is 262. The van der Waals surface area contributed by atoms with E-state index in [9.17, 15) is 4.79 Å². The molecular weight excluding hydrogens is 220 g/mol. The lowest BCUT2D eigenvalue weighted by Crippen LogP contribution is -2.36. The van der Waals surface area contributed by atoms with E-state index in [4.69, 9.17) is 18.0 Å². The van der Waals surface area contributed by atoms with Gasteiger partial charge in [-0.05, 0) is 25.2 Å². The normalized spacial score (nSPS) is 15.2. The number of hydrogen-bond acceptors (Lipinski definition) is 2. The van der Waals surface area contributed by atoms with Crippen LogP contribution in [-0.4, -0.2) is 28.9 Å². The Labute approximate surface area is 103 Å². The molecule has 0 atom stereocenters. The standard InChI is InChI=1S/C12H22N2OS/c1-9(2)5-7-14(8-6-11(13)16)12(15)10-3-4-10/h9-10H,3-8H2,1-2H3,(H2,13,16). The van der Waals surface area contributed by atoms with Crippen molar-refractivity contribution in [3.05, 3.63) is 0 Å². The van der Waals surface area contributed by atoms with E-state index in [1.54, 1.807) is 0 Å². The van der Waals surface area contributed by atoms with E-state index < -0.39 is 0 Å². The zero-order valence-corrected chi connectivity index (χ0v) is 11.1. The maximum absolute atomic E-state index is 12.0. The van der Waals surface area contributed by atoms with Gasteiger partial charge in [0, 0.05) is 25.4 Å². The minimum atomic E-state index is 0.290. The molecule has 1 rings (SSSR count). The second-order valence-corrected chi connectivity index (χ2v) is 5.52. The summed E-state index contributed by atoms with van der Waals surface area (Å²) in [5, 5.41) is 0. The van der Waals surface area contributed by atoms with E-state index in [0.717, 1.165) is 25.8 Å². The molecule has 0 aromatic rings. The molecule has 1 amide bonds. The number of nitrogens with zero attached hydrogens (tertiary/aromatic N) is 1. The van der Waals surface area contributed by atoms with Crippen molar-refractivity contribution in [1.82, 2.24) is 4.90 Å². The van der Waals surface area contributed by atoms with Gasteiger partial charge in [-0.15, -0.1) is 0 Å². The topological polar surface area (TPSA) is 46.3 Å². The Morgan fingerprint density at radius 2 is 2.06 bits per heavy atom. The fraction of sp³-hybridized carbons (Fsp3) is 0.833. The Morgan fingerprint density at radius 1 is 1.44 bits per heavy atom. The van der Waals surface area contributed by atoms with Crippen LogP contribution in [0.1, 0.15) is 39.5 Å². The molecule has 1 aliphatic rings. The number of carbonyl (C=O) groups excluding carboxylic acids is 1. The van der Waals surface area contributed by atoms with Crippen LogP contribution < -0.4 is 5.73 Å². The summed E-state index contributed by atoms with van der Waals surface area (Å²) >= 11 is 4.86. The number of carbonyl (C=O) groups is 1. The van der Waals surface area contributed by atoms with Crippen molar-refractivity contribution in [3.63, 3.8) is 0 Å². The van der Waals surface area contributed by atoms with Gasteiger partial charge in [-0.2, -0.15) is 0 Å². The maximum Gasteiger partial charge on any atom is 0.225 e. The lowest BCUT2D eigenvalue weighted by molar-refractivity contribution is -0.132. The van der Waals surface area contributed by atoms with Gasteiger partial charge in [0.15, 0.2) is 0 Å². The van der Waals surface area contributed by atoms with Crippen molar-refractivity contribution in [2.24, 2.45) is 17.6 Å². The molecular formula is C12H22N2OS. The monoisotopic (exact) mass is 242 g/mol. The zero-order chi connectivity index (χ0) is 12.1. The molecule has 1 saturated carbocycles. The second kappa shape index (κ2) is 6.18. The quantitative estimate of drug-likeness (QED) is 0.694. The summed E-state index contributed by atoms with van der Waals surface area (Å²) in [6.45, 7) is 5.88. The number of hydrogen-bond donors (Lipinski definition) is 1. The molecule has 0 heterocycles. The SMILES string of the molecule is CC(C)CCN(CCC(N)=S)C(=O)C1CC1. The molecule has 0 aromatic heterocycles. The average molecular weight is 242 g/mol. The first-order valence-electron chi connectivity index (χ1n) is 6.07. The van der Waals surface area contributed by atoms with Crippen molar-refractivity contribution in [2.45, 2.75) is 39.5 Å². The van der Waals surface area contributed by atoms with Gasteiger partial charge in [0.25, 0.3) is 0 Å². The number of rotatable bonds is 7. The van der Waals surface area contributed by atoms with Crippen LogP contribution in [0.3, 0.4) is 0 Å². The summed E-state index contributed by atoms with van der Waals surface area (Å²) in [4.78, 5) is 14.4. The molecule has 0 aromatic carbocycles. The summed E-state index contributed by atoms with van der Waals surface area (Å²) in [5.41, 5.74) is 5.48. The van der Waals surface area contributed by atoms with E-state index >= 15 is 0 Å². The highest BCUT2D eigenvalue weighted by molar-refractivity contribution is 7.80. The predicted octanol–water partition coefficient (Wildman–Crippen LogP) is 1.95. The van der Waals surface area contributed by atoms with Gasteiger partial charge in [0.05, 0.1) is 4.99 Å². The first-order valence-corrected chi connectivity index (χ1v) is 6.48. The highest BCUT2D eigenvalue weighted by Crippen LogP contribution is 2.31. The van der Waals surface area contributed by atoms with Crippen LogP contribution in [0.4, 0.5) is 0 Å². The fourth-order valence-electron chi connectivity index (χ4n) is 1.58. The lowest BCUT2D eigenvalue weighted by atomic mass is 10.1. The fourth-order valence-corrected chi connectivity index (χ4v) is 1.67. The van der Waals surface area contributed by atoms with Crippen LogP contribution in [0.15, 0.2) is 0 Å². The summed E-state index contributed by atoms with van der Waals surface area (Å²) in [5.74, 6) is 1.22. The molecule has 2 N–H and O–H groups in total. The minimum absolute atomic E-state index is 0.290. The van der Waals surface area contributed by atoms with Gasteiger partial charge in [0.2, 0.25) is 5.91 Å². The summed E-state index contributed by atoms with van der Waals surface area (Å²) < 4.78 is 0. The van der Waals surface area contributed by atoms with Gasteiger partial charge in [0.1, 0.15) is 0 Å². The third-order valence-electron chi connectivity index (χ3n) is 2.84. The molecule has 0 radical (unpaired) electrons. The molecule has 0 saturated heterocycles. The van der Waals surface area contributed by atoms with Crippen LogP contribution in [-0.2, 0) is 4.79 Å². The van der Waals surface area contributed by atoms with Crippen molar-refractivity contribution in [1.29, 1.82) is 0 Å². The Hall–Kier alpha value is -0.640. The molecule has 0 bridgehead atoms. The van der Waals surface area contributed by atoms with Crippen molar-refractivity contribution < 1.29 is 4.79 Å². The smallest absolute Gasteiger partial charge is 0.225 e. The van der Waals surface area contributed by atoms with Crippen LogP contribution in [0.2, 0.25) is 0 Å². The van der Waals surface area contributed by atoms with Crippen molar-refractivity contribution in [3.8, 4) is 0 Å². The van der Waals surface area contributed by atoms with E-state index in [2.05, 4.69) is 13.8 Å². The molecule has 0 unspecified atom stereocenters. The van der Waals surface area contributed by atoms with E-state index in [1.165, 1.54) is 0 Å². The number of amides is 1. The largest absolute Gasteiger partial charge is 0.393 e. The molecule has 1 aliphatic carbocycles. The molecule has 3 nitrogen and oxygen atoms in total. The maximum atomic E-state index is 12.0. The summed E-state index contributed by atoms with van der Waals surface area (Å²) in [6, 6.07) is 0. The molecule has 1 fully saturated rings. The summed E-state index contributed by atoms with van der Waals surface area (Å²) in [7, 11) is 0.